The lowest BCUT2D eigenvalue weighted by molar-refractivity contribution is -0.121. The Labute approximate surface area is 187 Å². The lowest BCUT2D eigenvalue weighted by atomic mass is 9.69. The summed E-state index contributed by atoms with van der Waals surface area (Å²) in [5, 5.41) is 3.04. The molecule has 1 aromatic rings. The topological polar surface area (TPSA) is 52.7 Å². The quantitative estimate of drug-likeness (QED) is 0.720. The Hall–Kier alpha value is -1.88. The number of nitrogens with zero attached hydrogens (tertiary/aromatic N) is 2. The van der Waals surface area contributed by atoms with E-state index in [1.54, 1.807) is 0 Å². The van der Waals surface area contributed by atoms with Crippen molar-refractivity contribution in [1.82, 2.24) is 15.1 Å². The van der Waals surface area contributed by atoms with Crippen LogP contribution in [0.4, 0.5) is 0 Å². The van der Waals surface area contributed by atoms with Crippen LogP contribution in [0.25, 0.3) is 0 Å². The number of likely N-dealkylation sites (tertiary alicyclic amines) is 1. The van der Waals surface area contributed by atoms with Gasteiger partial charge in [-0.1, -0.05) is 32.0 Å². The van der Waals surface area contributed by atoms with Crippen LogP contribution in [0.1, 0.15) is 69.2 Å². The fraction of sp³-hybridized carbons (Fsp3) is 0.692. The number of piperidine rings is 3. The zero-order chi connectivity index (χ0) is 21.8. The van der Waals surface area contributed by atoms with Crippen molar-refractivity contribution in [3.63, 3.8) is 0 Å². The molecule has 2 amide bonds. The van der Waals surface area contributed by atoms with Crippen LogP contribution in [0.2, 0.25) is 0 Å². The van der Waals surface area contributed by atoms with Gasteiger partial charge in [0.15, 0.2) is 0 Å². The van der Waals surface area contributed by atoms with E-state index in [0.29, 0.717) is 30.2 Å². The number of hydrogen-bond donors (Lipinski definition) is 1. The van der Waals surface area contributed by atoms with E-state index < -0.39 is 0 Å². The van der Waals surface area contributed by atoms with Gasteiger partial charge < -0.3 is 10.2 Å². The van der Waals surface area contributed by atoms with E-state index in [0.717, 1.165) is 31.5 Å². The van der Waals surface area contributed by atoms with Crippen molar-refractivity contribution < 1.29 is 9.59 Å². The van der Waals surface area contributed by atoms with Crippen molar-refractivity contribution in [1.29, 1.82) is 0 Å². The summed E-state index contributed by atoms with van der Waals surface area (Å²) in [6.45, 7) is 8.27. The van der Waals surface area contributed by atoms with Crippen molar-refractivity contribution in [2.24, 2.45) is 17.8 Å². The lowest BCUT2D eigenvalue weighted by Crippen LogP contribution is -2.65. The first-order valence-electron chi connectivity index (χ1n) is 12.4. The summed E-state index contributed by atoms with van der Waals surface area (Å²) in [5.74, 6) is 1.93. The normalized spacial score (nSPS) is 28.3. The van der Waals surface area contributed by atoms with Crippen LogP contribution >= 0.6 is 0 Å². The average molecular weight is 426 g/mol. The summed E-state index contributed by atoms with van der Waals surface area (Å²) in [6, 6.07) is 10.6. The van der Waals surface area contributed by atoms with Crippen molar-refractivity contribution in [2.75, 3.05) is 26.2 Å². The summed E-state index contributed by atoms with van der Waals surface area (Å²) in [4.78, 5) is 30.7. The third-order valence-corrected chi connectivity index (χ3v) is 7.56. The summed E-state index contributed by atoms with van der Waals surface area (Å²) in [6.07, 6.45) is 7.26. The second-order valence-corrected chi connectivity index (χ2v) is 10.2. The van der Waals surface area contributed by atoms with Crippen LogP contribution in [0, 0.1) is 17.8 Å². The van der Waals surface area contributed by atoms with E-state index in [4.69, 9.17) is 0 Å². The Morgan fingerprint density at radius 1 is 1.10 bits per heavy atom. The Balaban J connectivity index is 1.49. The molecule has 170 valence electrons. The molecular weight excluding hydrogens is 386 g/mol. The van der Waals surface area contributed by atoms with Crippen LogP contribution in [0.3, 0.4) is 0 Å². The molecule has 3 fully saturated rings. The van der Waals surface area contributed by atoms with Gasteiger partial charge in [-0.05, 0) is 81.5 Å². The highest BCUT2D eigenvalue weighted by atomic mass is 16.2. The van der Waals surface area contributed by atoms with Crippen molar-refractivity contribution in [3.8, 4) is 0 Å². The molecule has 3 heterocycles. The lowest BCUT2D eigenvalue weighted by Gasteiger charge is -2.57. The van der Waals surface area contributed by atoms with Gasteiger partial charge in [-0.25, -0.2) is 0 Å². The second kappa shape index (κ2) is 10.2. The summed E-state index contributed by atoms with van der Waals surface area (Å²) in [7, 11) is 0. The van der Waals surface area contributed by atoms with Gasteiger partial charge in [-0.2, -0.15) is 0 Å². The molecule has 4 atom stereocenters. The highest BCUT2D eigenvalue weighted by Gasteiger charge is 2.49. The maximum Gasteiger partial charge on any atom is 0.254 e. The smallest absolute Gasteiger partial charge is 0.254 e. The number of carbonyl (C=O) groups excluding carboxylic acids is 2. The number of rotatable bonds is 7. The van der Waals surface area contributed by atoms with Gasteiger partial charge in [0, 0.05) is 37.2 Å². The predicted octanol–water partition coefficient (Wildman–Crippen LogP) is 3.94. The Bertz CT molecular complexity index is 748. The molecule has 0 aromatic heterocycles. The van der Waals surface area contributed by atoms with Gasteiger partial charge in [0.05, 0.1) is 0 Å². The number of amides is 2. The molecule has 3 saturated heterocycles. The Morgan fingerprint density at radius 3 is 2.58 bits per heavy atom. The average Bonchev–Trinajstić information content (AvgIpc) is 2.79. The van der Waals surface area contributed by atoms with Crippen LogP contribution in [0.5, 0.6) is 0 Å². The first kappa shape index (κ1) is 22.3. The Morgan fingerprint density at radius 2 is 1.84 bits per heavy atom. The third kappa shape index (κ3) is 5.14. The monoisotopic (exact) mass is 425 g/mol. The number of carbonyl (C=O) groups is 2. The molecule has 5 nitrogen and oxygen atoms in total. The molecule has 4 rings (SSSR count). The van der Waals surface area contributed by atoms with E-state index in [-0.39, 0.29) is 17.9 Å². The van der Waals surface area contributed by atoms with Gasteiger partial charge >= 0.3 is 0 Å². The van der Waals surface area contributed by atoms with E-state index in [9.17, 15) is 9.59 Å². The van der Waals surface area contributed by atoms with Crippen LogP contribution < -0.4 is 5.32 Å². The first-order valence-corrected chi connectivity index (χ1v) is 12.4. The highest BCUT2D eigenvalue weighted by Crippen LogP contribution is 2.43. The van der Waals surface area contributed by atoms with Crippen molar-refractivity contribution in [2.45, 2.75) is 70.9 Å². The molecule has 0 aliphatic carbocycles. The fourth-order valence-corrected chi connectivity index (χ4v) is 6.22. The summed E-state index contributed by atoms with van der Waals surface area (Å²) < 4.78 is 0. The molecule has 5 heteroatoms. The van der Waals surface area contributed by atoms with Crippen LogP contribution in [-0.2, 0) is 4.79 Å². The zero-order valence-corrected chi connectivity index (χ0v) is 19.3. The maximum atomic E-state index is 13.6. The van der Waals surface area contributed by atoms with Gasteiger partial charge in [-0.15, -0.1) is 0 Å². The fourth-order valence-electron chi connectivity index (χ4n) is 6.22. The van der Waals surface area contributed by atoms with E-state index in [1.807, 2.05) is 30.3 Å². The molecule has 1 aromatic carbocycles. The predicted molar refractivity (Wildman–Crippen MR) is 124 cm³/mol. The minimum absolute atomic E-state index is 0.145. The second-order valence-electron chi connectivity index (χ2n) is 10.2. The SMILES string of the molecule is CC(C)CNC(=O)CCC[C@@H]1[C@H]2CCCN3CCC[C@@H](CN1C(=O)c1ccccc1)[C@@H]23. The van der Waals surface area contributed by atoms with Crippen LogP contribution in [0.15, 0.2) is 30.3 Å². The number of benzene rings is 1. The van der Waals surface area contributed by atoms with Crippen LogP contribution in [-0.4, -0.2) is 59.9 Å². The van der Waals surface area contributed by atoms with E-state index in [2.05, 4.69) is 29.0 Å². The summed E-state index contributed by atoms with van der Waals surface area (Å²) >= 11 is 0. The van der Waals surface area contributed by atoms with Gasteiger partial charge in [0.25, 0.3) is 5.91 Å². The Kier molecular flexibility index (Phi) is 7.31. The van der Waals surface area contributed by atoms with E-state index in [1.165, 1.54) is 38.8 Å². The van der Waals surface area contributed by atoms with Gasteiger partial charge in [-0.3, -0.25) is 14.5 Å². The minimum Gasteiger partial charge on any atom is -0.356 e. The molecule has 0 spiro atoms. The van der Waals surface area contributed by atoms with Gasteiger partial charge in [0.1, 0.15) is 0 Å². The molecule has 0 bridgehead atoms. The van der Waals surface area contributed by atoms with Crippen molar-refractivity contribution in [3.05, 3.63) is 35.9 Å². The minimum atomic E-state index is 0.145. The zero-order valence-electron chi connectivity index (χ0n) is 19.3. The first-order chi connectivity index (χ1) is 15.0. The number of hydrogen-bond acceptors (Lipinski definition) is 3. The molecule has 1 N–H and O–H groups in total. The summed E-state index contributed by atoms with van der Waals surface area (Å²) in [5.41, 5.74) is 0.795. The number of nitrogens with one attached hydrogen (secondary N) is 1. The molecule has 0 unspecified atom stereocenters. The highest BCUT2D eigenvalue weighted by molar-refractivity contribution is 5.94. The molecule has 31 heavy (non-hydrogen) atoms. The third-order valence-electron chi connectivity index (χ3n) is 7.56. The standard InChI is InChI=1S/C26H39N3O2/c1-19(2)17-27-24(30)14-6-13-23-22-12-8-16-28-15-7-11-21(25(22)28)18-29(23)26(31)20-9-4-3-5-10-20/h3-5,9-10,19,21-23,25H,6-8,11-18H2,1-2H3,(H,27,30)/t21-,22+,23+,25-/m0/s1. The molecule has 3 aliphatic rings. The molecule has 3 aliphatic heterocycles. The largest absolute Gasteiger partial charge is 0.356 e. The van der Waals surface area contributed by atoms with Crippen molar-refractivity contribution >= 4 is 11.8 Å². The maximum absolute atomic E-state index is 13.6. The molecule has 0 saturated carbocycles. The van der Waals surface area contributed by atoms with Gasteiger partial charge in [0.2, 0.25) is 5.91 Å². The molecule has 0 radical (unpaired) electrons. The van der Waals surface area contributed by atoms with E-state index >= 15 is 0 Å². The molecular formula is C26H39N3O2.